The summed E-state index contributed by atoms with van der Waals surface area (Å²) in [5.41, 5.74) is -3.43. The fourth-order valence-corrected chi connectivity index (χ4v) is 9.11. The molecule has 0 radical (unpaired) electrons. The molecule has 8 heteroatoms. The van der Waals surface area contributed by atoms with Crippen molar-refractivity contribution in [1.29, 1.82) is 0 Å². The molecule has 2 spiro atoms. The van der Waals surface area contributed by atoms with Gasteiger partial charge in [0.2, 0.25) is 0 Å². The quantitative estimate of drug-likeness (QED) is 0.455. The SMILES string of the molecule is CC1(C)OC2CCC(=O)OC23C1CC(=O)C1(C)C3CCC2(C)C(c3ccoc3)OC(=O)C3OC321. The molecule has 6 aliphatic rings. The molecular weight excluding hydrogens is 440 g/mol. The molecule has 2 saturated carbocycles. The Labute approximate surface area is 197 Å². The molecule has 0 N–H and O–H groups in total. The van der Waals surface area contributed by atoms with E-state index in [9.17, 15) is 14.4 Å². The van der Waals surface area contributed by atoms with E-state index in [0.717, 1.165) is 5.56 Å². The molecule has 1 aromatic heterocycles. The zero-order valence-electron chi connectivity index (χ0n) is 19.9. The molecule has 0 bridgehead atoms. The lowest BCUT2D eigenvalue weighted by Gasteiger charge is -2.64. The fourth-order valence-electron chi connectivity index (χ4n) is 9.11. The van der Waals surface area contributed by atoms with Crippen molar-refractivity contribution in [3.63, 3.8) is 0 Å². The molecular formula is C26H30O8. The molecule has 0 amide bonds. The smallest absolute Gasteiger partial charge is 0.339 e. The van der Waals surface area contributed by atoms with Crippen LogP contribution in [0.3, 0.4) is 0 Å². The first kappa shape index (κ1) is 21.1. The van der Waals surface area contributed by atoms with Crippen LogP contribution in [0.15, 0.2) is 23.0 Å². The zero-order valence-corrected chi connectivity index (χ0v) is 19.9. The van der Waals surface area contributed by atoms with Gasteiger partial charge in [0.1, 0.15) is 23.1 Å². The van der Waals surface area contributed by atoms with E-state index in [1.54, 1.807) is 18.6 Å². The number of epoxide rings is 1. The van der Waals surface area contributed by atoms with Gasteiger partial charge in [0.25, 0.3) is 0 Å². The maximum atomic E-state index is 14.2. The van der Waals surface area contributed by atoms with E-state index in [4.69, 9.17) is 23.4 Å². The van der Waals surface area contributed by atoms with Crippen LogP contribution in [0, 0.1) is 22.7 Å². The number of furan rings is 1. The average Bonchev–Trinajstić information content (AvgIpc) is 3.26. The van der Waals surface area contributed by atoms with Crippen molar-refractivity contribution < 1.29 is 37.7 Å². The number of ketones is 1. The molecule has 34 heavy (non-hydrogen) atoms. The van der Waals surface area contributed by atoms with Crippen LogP contribution in [-0.4, -0.2) is 46.7 Å². The van der Waals surface area contributed by atoms with Gasteiger partial charge in [0, 0.05) is 35.7 Å². The van der Waals surface area contributed by atoms with Gasteiger partial charge in [0.15, 0.2) is 6.10 Å². The summed E-state index contributed by atoms with van der Waals surface area (Å²) >= 11 is 0. The van der Waals surface area contributed by atoms with Crippen molar-refractivity contribution in [3.05, 3.63) is 24.2 Å². The minimum absolute atomic E-state index is 0.0566. The number of ether oxygens (including phenoxy) is 4. The summed E-state index contributed by atoms with van der Waals surface area (Å²) in [6.07, 6.45) is 3.89. The predicted octanol–water partition coefficient (Wildman–Crippen LogP) is 3.28. The minimum atomic E-state index is -1.03. The van der Waals surface area contributed by atoms with Crippen LogP contribution in [0.1, 0.15) is 71.5 Å². The highest BCUT2D eigenvalue weighted by Crippen LogP contribution is 2.78. The largest absolute Gasteiger partial charge is 0.472 e. The van der Waals surface area contributed by atoms with Gasteiger partial charge in [0.05, 0.1) is 29.6 Å². The number of fused-ring (bicyclic) bond motifs is 1. The Morgan fingerprint density at radius 2 is 1.76 bits per heavy atom. The number of carbonyl (C=O) groups excluding carboxylic acids is 3. The Kier molecular flexibility index (Phi) is 3.70. The highest BCUT2D eigenvalue weighted by atomic mass is 16.7. The highest BCUT2D eigenvalue weighted by molar-refractivity contribution is 5.93. The second-order valence-electron chi connectivity index (χ2n) is 12.1. The maximum absolute atomic E-state index is 14.2. The second kappa shape index (κ2) is 5.95. The summed E-state index contributed by atoms with van der Waals surface area (Å²) < 4.78 is 30.4. The van der Waals surface area contributed by atoms with Crippen LogP contribution in [0.25, 0.3) is 0 Å². The van der Waals surface area contributed by atoms with Gasteiger partial charge < -0.3 is 23.4 Å². The summed E-state index contributed by atoms with van der Waals surface area (Å²) in [6, 6.07) is 1.80. The zero-order chi connectivity index (χ0) is 23.9. The monoisotopic (exact) mass is 470 g/mol. The second-order valence-corrected chi connectivity index (χ2v) is 12.1. The van der Waals surface area contributed by atoms with Gasteiger partial charge in [-0.25, -0.2) is 4.79 Å². The summed E-state index contributed by atoms with van der Waals surface area (Å²) in [7, 11) is 0. The third-order valence-electron chi connectivity index (χ3n) is 10.5. The Hall–Kier alpha value is -2.19. The average molecular weight is 471 g/mol. The Balaban J connectivity index is 1.42. The van der Waals surface area contributed by atoms with Crippen molar-refractivity contribution in [2.24, 2.45) is 22.7 Å². The number of hydrogen-bond donors (Lipinski definition) is 0. The Morgan fingerprint density at radius 3 is 2.50 bits per heavy atom. The number of Topliss-reactive ketones (excluding diaryl/α,β-unsaturated/α-hetero) is 1. The van der Waals surface area contributed by atoms with Crippen LogP contribution in [0.5, 0.6) is 0 Å². The summed E-state index contributed by atoms with van der Waals surface area (Å²) in [5, 5.41) is 0. The molecule has 7 rings (SSSR count). The summed E-state index contributed by atoms with van der Waals surface area (Å²) in [6.45, 7) is 8.00. The van der Waals surface area contributed by atoms with Gasteiger partial charge in [-0.2, -0.15) is 0 Å². The van der Waals surface area contributed by atoms with E-state index in [2.05, 4.69) is 6.92 Å². The van der Waals surface area contributed by atoms with Crippen LogP contribution in [0.2, 0.25) is 0 Å². The normalized spacial score (nSPS) is 52.4. The minimum Gasteiger partial charge on any atom is -0.472 e. The topological polar surface area (TPSA) is 105 Å². The van der Waals surface area contributed by atoms with Gasteiger partial charge in [-0.15, -0.1) is 0 Å². The van der Waals surface area contributed by atoms with Crippen LogP contribution in [-0.2, 0) is 33.3 Å². The van der Waals surface area contributed by atoms with Crippen molar-refractivity contribution in [1.82, 2.24) is 0 Å². The van der Waals surface area contributed by atoms with Gasteiger partial charge >= 0.3 is 11.9 Å². The van der Waals surface area contributed by atoms with E-state index in [1.807, 2.05) is 20.8 Å². The lowest BCUT2D eigenvalue weighted by Crippen LogP contribution is -2.75. The van der Waals surface area contributed by atoms with E-state index in [0.29, 0.717) is 25.7 Å². The van der Waals surface area contributed by atoms with Gasteiger partial charge in [-0.1, -0.05) is 6.92 Å². The van der Waals surface area contributed by atoms with E-state index >= 15 is 0 Å². The Morgan fingerprint density at radius 1 is 0.971 bits per heavy atom. The fraction of sp³-hybridized carbons (Fsp3) is 0.731. The molecule has 6 fully saturated rings. The van der Waals surface area contributed by atoms with E-state index in [1.165, 1.54) is 0 Å². The third-order valence-corrected chi connectivity index (χ3v) is 10.5. The van der Waals surface area contributed by atoms with Crippen LogP contribution >= 0.6 is 0 Å². The molecule has 0 aromatic carbocycles. The lowest BCUT2D eigenvalue weighted by molar-refractivity contribution is -0.246. The molecule has 1 aromatic rings. The highest BCUT2D eigenvalue weighted by Gasteiger charge is 2.90. The first-order valence-electron chi connectivity index (χ1n) is 12.4. The first-order chi connectivity index (χ1) is 16.0. The Bertz CT molecular complexity index is 1120. The molecule has 9 unspecified atom stereocenters. The van der Waals surface area contributed by atoms with E-state index in [-0.39, 0.29) is 36.1 Å². The molecule has 5 heterocycles. The number of cyclic esters (lactones) is 1. The van der Waals surface area contributed by atoms with Crippen molar-refractivity contribution >= 4 is 17.7 Å². The van der Waals surface area contributed by atoms with Crippen molar-refractivity contribution in [2.75, 3.05) is 0 Å². The predicted molar refractivity (Wildman–Crippen MR) is 114 cm³/mol. The molecule has 4 saturated heterocycles. The molecule has 4 aliphatic heterocycles. The molecule has 182 valence electrons. The van der Waals surface area contributed by atoms with Gasteiger partial charge in [-0.3, -0.25) is 9.59 Å². The number of hydrogen-bond acceptors (Lipinski definition) is 8. The maximum Gasteiger partial charge on any atom is 0.339 e. The van der Waals surface area contributed by atoms with Crippen molar-refractivity contribution in [3.8, 4) is 0 Å². The number of esters is 2. The summed E-state index contributed by atoms with van der Waals surface area (Å²) in [4.78, 5) is 40.1. The first-order valence-corrected chi connectivity index (χ1v) is 12.4. The van der Waals surface area contributed by atoms with E-state index < -0.39 is 45.8 Å². The molecule has 2 aliphatic carbocycles. The molecule has 8 nitrogen and oxygen atoms in total. The lowest BCUT2D eigenvalue weighted by atomic mass is 9.39. The van der Waals surface area contributed by atoms with Crippen molar-refractivity contribution in [2.45, 2.75) is 94.9 Å². The standard InChI is InChI=1S/C26H30O8/c1-22(2)15-11-16(27)24(4)14(25(15)17(32-22)5-6-18(28)33-25)7-9-23(3)19(13-8-10-30-12-13)31-21(29)20-26(23,24)34-20/h8,10,12,14-15,17,19-20H,5-7,9,11H2,1-4H3. The van der Waals surface area contributed by atoms with Crippen LogP contribution < -0.4 is 0 Å². The molecule has 9 atom stereocenters. The third kappa shape index (κ3) is 2.02. The number of rotatable bonds is 1. The summed E-state index contributed by atoms with van der Waals surface area (Å²) in [5.74, 6) is -1.17. The number of carbonyl (C=O) groups is 3. The van der Waals surface area contributed by atoms with Crippen LogP contribution in [0.4, 0.5) is 0 Å². The van der Waals surface area contributed by atoms with Gasteiger partial charge in [-0.05, 0) is 46.1 Å².